The molecule has 0 heterocycles. The van der Waals surface area contributed by atoms with Gasteiger partial charge in [-0.25, -0.2) is 0 Å². The highest BCUT2D eigenvalue weighted by atomic mass is 14.8. The number of hydrogen-bond donors (Lipinski definition) is 1. The van der Waals surface area contributed by atoms with Gasteiger partial charge >= 0.3 is 0 Å². The van der Waals surface area contributed by atoms with E-state index in [0.29, 0.717) is 6.54 Å². The molecule has 0 unspecified atom stereocenters. The van der Waals surface area contributed by atoms with Crippen molar-refractivity contribution in [3.05, 3.63) is 0 Å². The molecule has 0 atom stereocenters. The first kappa shape index (κ1) is 6.45. The molecule has 0 amide bonds. The topological polar surface area (TPSA) is 35.8 Å². The van der Waals surface area contributed by atoms with E-state index in [2.05, 4.69) is 12.2 Å². The first-order valence-electron chi connectivity index (χ1n) is 2.49. The van der Waals surface area contributed by atoms with Crippen LogP contribution in [0.5, 0.6) is 0 Å². The van der Waals surface area contributed by atoms with Crippen molar-refractivity contribution in [1.29, 1.82) is 5.26 Å². The summed E-state index contributed by atoms with van der Waals surface area (Å²) in [5.41, 5.74) is 0. The van der Waals surface area contributed by atoms with Gasteiger partial charge in [-0.1, -0.05) is 6.92 Å². The monoisotopic (exact) mass is 98.1 g/mol. The SMILES string of the molecule is CCCNCC#N. The summed E-state index contributed by atoms with van der Waals surface area (Å²) in [7, 11) is 0. The van der Waals surface area contributed by atoms with E-state index < -0.39 is 0 Å². The Bertz CT molecular complexity index is 63.0. The van der Waals surface area contributed by atoms with Crippen LogP contribution in [0.15, 0.2) is 0 Å². The van der Waals surface area contributed by atoms with E-state index in [1.165, 1.54) is 0 Å². The molecule has 0 saturated heterocycles. The molecule has 0 radical (unpaired) electrons. The summed E-state index contributed by atoms with van der Waals surface area (Å²) in [5.74, 6) is 0. The Morgan fingerprint density at radius 1 is 1.71 bits per heavy atom. The van der Waals surface area contributed by atoms with Gasteiger partial charge < -0.3 is 5.32 Å². The van der Waals surface area contributed by atoms with Crippen LogP contribution >= 0.6 is 0 Å². The molecule has 0 saturated carbocycles. The van der Waals surface area contributed by atoms with Gasteiger partial charge in [0.1, 0.15) is 0 Å². The van der Waals surface area contributed by atoms with Crippen molar-refractivity contribution >= 4 is 0 Å². The number of nitrogens with zero attached hydrogens (tertiary/aromatic N) is 1. The molecule has 0 rings (SSSR count). The lowest BCUT2D eigenvalue weighted by molar-refractivity contribution is 0.734. The minimum Gasteiger partial charge on any atom is -0.304 e. The van der Waals surface area contributed by atoms with Crippen molar-refractivity contribution in [3.63, 3.8) is 0 Å². The zero-order valence-electron chi connectivity index (χ0n) is 4.57. The van der Waals surface area contributed by atoms with E-state index in [9.17, 15) is 0 Å². The van der Waals surface area contributed by atoms with Gasteiger partial charge in [0.2, 0.25) is 0 Å². The van der Waals surface area contributed by atoms with Crippen LogP contribution in [-0.4, -0.2) is 13.1 Å². The van der Waals surface area contributed by atoms with Gasteiger partial charge in [0, 0.05) is 0 Å². The zero-order chi connectivity index (χ0) is 5.54. The first-order chi connectivity index (χ1) is 3.41. The van der Waals surface area contributed by atoms with Crippen LogP contribution in [0.25, 0.3) is 0 Å². The standard InChI is InChI=1S/C5H10N2/c1-2-4-7-5-3-6/h7H,2,4-5H2,1H3. The van der Waals surface area contributed by atoms with Crippen molar-refractivity contribution in [3.8, 4) is 6.07 Å². The van der Waals surface area contributed by atoms with Gasteiger partial charge in [-0.15, -0.1) is 0 Å². The Morgan fingerprint density at radius 3 is 2.86 bits per heavy atom. The highest BCUT2D eigenvalue weighted by molar-refractivity contribution is 4.71. The summed E-state index contributed by atoms with van der Waals surface area (Å²) in [6.45, 7) is 3.51. The van der Waals surface area contributed by atoms with E-state index in [4.69, 9.17) is 5.26 Å². The molecule has 0 aliphatic carbocycles. The van der Waals surface area contributed by atoms with Crippen LogP contribution in [0.3, 0.4) is 0 Å². The van der Waals surface area contributed by atoms with Crippen LogP contribution in [0.4, 0.5) is 0 Å². The highest BCUT2D eigenvalue weighted by Crippen LogP contribution is 1.65. The predicted octanol–water partition coefficient (Wildman–Crippen LogP) is 0.510. The minimum atomic E-state index is 0.480. The van der Waals surface area contributed by atoms with Crippen LogP contribution in [-0.2, 0) is 0 Å². The Hall–Kier alpha value is -0.550. The van der Waals surface area contributed by atoms with Crippen molar-refractivity contribution in [1.82, 2.24) is 5.32 Å². The molecule has 0 aliphatic heterocycles. The van der Waals surface area contributed by atoms with Gasteiger partial charge in [0.15, 0.2) is 0 Å². The maximum Gasteiger partial charge on any atom is 0.0840 e. The predicted molar refractivity (Wildman–Crippen MR) is 28.8 cm³/mol. The fourth-order valence-corrected chi connectivity index (χ4v) is 0.321. The van der Waals surface area contributed by atoms with Gasteiger partial charge in [-0.3, -0.25) is 0 Å². The lowest BCUT2D eigenvalue weighted by Gasteiger charge is -1.90. The van der Waals surface area contributed by atoms with Crippen molar-refractivity contribution in [2.45, 2.75) is 13.3 Å². The second-order valence-electron chi connectivity index (χ2n) is 1.33. The molecule has 2 nitrogen and oxygen atoms in total. The summed E-state index contributed by atoms with van der Waals surface area (Å²) >= 11 is 0. The molecule has 40 valence electrons. The zero-order valence-corrected chi connectivity index (χ0v) is 4.57. The Labute approximate surface area is 44.1 Å². The molecule has 0 spiro atoms. The second kappa shape index (κ2) is 5.45. The van der Waals surface area contributed by atoms with E-state index in [-0.39, 0.29) is 0 Å². The molecule has 0 aliphatic rings. The van der Waals surface area contributed by atoms with Crippen molar-refractivity contribution in [2.24, 2.45) is 0 Å². The fraction of sp³-hybridized carbons (Fsp3) is 0.800. The minimum absolute atomic E-state index is 0.480. The molecule has 0 aromatic rings. The normalized spacial score (nSPS) is 8.00. The fourth-order valence-electron chi connectivity index (χ4n) is 0.321. The number of nitriles is 1. The summed E-state index contributed by atoms with van der Waals surface area (Å²) in [6.07, 6.45) is 1.10. The maximum atomic E-state index is 7.98. The molecule has 2 heteroatoms. The van der Waals surface area contributed by atoms with E-state index in [1.807, 2.05) is 6.07 Å². The van der Waals surface area contributed by atoms with Crippen LogP contribution in [0.2, 0.25) is 0 Å². The van der Waals surface area contributed by atoms with Gasteiger partial charge in [-0.2, -0.15) is 5.26 Å². The number of rotatable bonds is 3. The Morgan fingerprint density at radius 2 is 2.43 bits per heavy atom. The number of hydrogen-bond acceptors (Lipinski definition) is 2. The van der Waals surface area contributed by atoms with E-state index >= 15 is 0 Å². The second-order valence-corrected chi connectivity index (χ2v) is 1.33. The molecule has 0 fully saturated rings. The third-order valence-corrected chi connectivity index (χ3v) is 0.631. The quantitative estimate of drug-likeness (QED) is 0.412. The van der Waals surface area contributed by atoms with Crippen molar-refractivity contribution in [2.75, 3.05) is 13.1 Å². The third kappa shape index (κ3) is 5.45. The summed E-state index contributed by atoms with van der Waals surface area (Å²) in [5, 5.41) is 10.9. The summed E-state index contributed by atoms with van der Waals surface area (Å²) in [4.78, 5) is 0. The summed E-state index contributed by atoms with van der Waals surface area (Å²) < 4.78 is 0. The average Bonchev–Trinajstić information content (AvgIpc) is 1.69. The molecule has 0 aromatic carbocycles. The molecule has 7 heavy (non-hydrogen) atoms. The first-order valence-corrected chi connectivity index (χ1v) is 2.49. The lowest BCUT2D eigenvalue weighted by Crippen LogP contribution is -2.13. The summed E-state index contributed by atoms with van der Waals surface area (Å²) in [6, 6.07) is 1.99. The van der Waals surface area contributed by atoms with Crippen LogP contribution in [0, 0.1) is 11.3 Å². The maximum absolute atomic E-state index is 7.98. The lowest BCUT2D eigenvalue weighted by atomic mass is 10.5. The van der Waals surface area contributed by atoms with Crippen LogP contribution in [0.1, 0.15) is 13.3 Å². The number of nitrogens with one attached hydrogen (secondary N) is 1. The van der Waals surface area contributed by atoms with Gasteiger partial charge in [0.25, 0.3) is 0 Å². The smallest absolute Gasteiger partial charge is 0.0840 e. The average molecular weight is 98.1 g/mol. The van der Waals surface area contributed by atoms with Gasteiger partial charge in [0.05, 0.1) is 12.6 Å². The molecular formula is C5H10N2. The van der Waals surface area contributed by atoms with Gasteiger partial charge in [-0.05, 0) is 13.0 Å². The highest BCUT2D eigenvalue weighted by Gasteiger charge is 1.75. The van der Waals surface area contributed by atoms with E-state index in [1.54, 1.807) is 0 Å². The Balaban J connectivity index is 2.60. The van der Waals surface area contributed by atoms with Crippen LogP contribution < -0.4 is 5.32 Å². The largest absolute Gasteiger partial charge is 0.304 e. The Kier molecular flexibility index (Phi) is 5.02. The molecule has 1 N–H and O–H groups in total. The molecular weight excluding hydrogens is 88.1 g/mol. The third-order valence-electron chi connectivity index (χ3n) is 0.631. The van der Waals surface area contributed by atoms with Crippen molar-refractivity contribution < 1.29 is 0 Å². The molecule has 0 aromatic heterocycles. The van der Waals surface area contributed by atoms with E-state index in [0.717, 1.165) is 13.0 Å². The molecule has 0 bridgehead atoms.